The summed E-state index contributed by atoms with van der Waals surface area (Å²) in [5.41, 5.74) is 52.6. The fraction of sp³-hybridized carbons (Fsp3) is 0.376. The average molecular weight is 1980 g/mol. The number of para-hydroxylation sites is 1. The summed E-state index contributed by atoms with van der Waals surface area (Å²) in [5, 5.41) is 40.2. The molecule has 0 radical (unpaired) electrons. The Bertz CT molecular complexity index is 6830. The molecule has 14 nitrogen and oxygen atoms in total. The van der Waals surface area contributed by atoms with Gasteiger partial charge in [-0.05, 0) is 349 Å². The molecule has 12 aromatic rings. The predicted octanol–water partition coefficient (Wildman–Crippen LogP) is 34.0. The zero-order chi connectivity index (χ0) is 102. The Hall–Kier alpha value is -13.2. The molecule has 11 N–H and O–H groups in total. The molecule has 772 valence electrons. The summed E-state index contributed by atoms with van der Waals surface area (Å²) in [6.45, 7) is 39.5. The van der Waals surface area contributed by atoms with Crippen molar-refractivity contribution in [2.24, 2.45) is 47.3 Å². The zero-order valence-corrected chi connectivity index (χ0v) is 88.1. The van der Waals surface area contributed by atoms with Crippen molar-refractivity contribution in [2.75, 3.05) is 32.7 Å². The maximum atomic E-state index is 11.5. The Kier molecular flexibility index (Phi) is 33.8. The van der Waals surface area contributed by atoms with Crippen LogP contribution in [0.15, 0.2) is 295 Å². The number of nitrogens with two attached hydrogens (primary N) is 2. The number of nitrogen functional groups attached to an aromatic ring is 2. The molecule has 14 aliphatic rings. The first-order valence-corrected chi connectivity index (χ1v) is 53.2. The Labute approximate surface area is 883 Å². The number of nitrogens with one attached hydrogen (secondary N) is 5. The van der Waals surface area contributed by atoms with Gasteiger partial charge in [-0.2, -0.15) is 0 Å². The summed E-state index contributed by atoms with van der Waals surface area (Å²) in [7, 11) is -0.331. The number of rotatable bonds is 20. The number of amides is 2. The highest BCUT2D eigenvalue weighted by atomic mass is 16.7. The number of phenolic OH excluding ortho intramolecular Hbond substituents is 2. The SMILES string of the molecule is C.C.C.CC(=O)Nc1ccc(-c2ccc(-c3ccc(NC(C)=O)cc3)c3c2C2CC(C(C)C)C3C=C2C)cc1.CC1(C)OB(c2ccc(COC=N)cc2)OC1(C)C.CC1=CC2c3c(-c4ccc(N)cc4)ccc(-c4ccc(N)cc4)c3C1CC2C(C)C.CC1=CC2c3c(-c4ccc(NC5CCCCC5)cc4)ccc(-c4ccc(Nc5ccccc5)cc4)c3C1CC2C(C)C.CC1=CC2c3c(O)ccc(O)c3C1CC2C(C)C. The van der Waals surface area contributed by atoms with Gasteiger partial charge in [0.25, 0.3) is 0 Å². The predicted molar refractivity (Wildman–Crippen MR) is 624 cm³/mol. The lowest BCUT2D eigenvalue weighted by atomic mass is 9.58. The molecule has 15 heteroatoms. The van der Waals surface area contributed by atoms with Gasteiger partial charge in [-0.15, -0.1) is 0 Å². The first-order chi connectivity index (χ1) is 69.6. The minimum Gasteiger partial charge on any atom is -0.508 e. The molecule has 2 amide bonds. The Balaban J connectivity index is 0.000000142. The molecule has 0 aromatic heterocycles. The fourth-order valence-corrected chi connectivity index (χ4v) is 25.5. The standard InChI is InChI=1S/C40H44N2.C32H34N2O2.C28H30N2.C16H20O2.C14H20BNO3.3CH4/c1-26(2)36-25-37-27(3)24-38(36)40-35(29-16-20-33(21-17-29)42-31-12-8-5-9-13-31)23-22-34(39(37)40)28-14-18-32(19-15-28)41-30-10-6-4-7-11-30;1-18(2)28-17-29-19(3)16-30(28)32-27(23-8-12-25(13-9-23)34-21(5)36)15-14-26(31(29)32)22-6-10-24(11-7-22)33-20(4)35;1-16(2)24-15-25-17(3)14-26(24)28-23(19-6-10-21(30)11-7-19)13-12-22(27(25)28)18-4-8-20(29)9-5-18;1-8(2)10-7-11-9(3)6-12(10)16-14(18)5-4-13(17)15(11)16;1-13(2)14(3,4)19-15(18-13)12-7-5-11(6-8-12)9-17-10-16;;;/h4,6-7,10-11,14-24,26,31,36-38,41-42H,5,8-9,12-13,25H2,1-3H3;6-16,18,28-30H,17H2,1-5H3,(H,33,35)(H,34,36);4-14,16,24-26H,15,29-30H2,1-3H3;4-6,8,10-12,17-18H,7H2,1-3H3;5-8,10,16H,9H2,1-4H3;3*1H4. The first kappa shape index (κ1) is 109. The second-order valence-electron chi connectivity index (χ2n) is 45.1. The summed E-state index contributed by atoms with van der Waals surface area (Å²) in [6, 6.07) is 87.6. The van der Waals surface area contributed by atoms with Crippen LogP contribution in [0, 0.1) is 52.8 Å². The number of aromatic hydroxyl groups is 2. The molecule has 26 rings (SSSR count). The topological polar surface area (TPSA) is 226 Å². The Morgan fingerprint density at radius 3 is 1.01 bits per heavy atom. The normalized spacial score (nSPS) is 21.7. The lowest BCUT2D eigenvalue weighted by Crippen LogP contribution is -2.41. The minimum atomic E-state index is -0.331. The highest BCUT2D eigenvalue weighted by Gasteiger charge is 2.53. The van der Waals surface area contributed by atoms with E-state index in [2.05, 4.69) is 292 Å². The summed E-state index contributed by atoms with van der Waals surface area (Å²) in [6.07, 6.45) is 22.4. The lowest BCUT2D eigenvalue weighted by molar-refractivity contribution is -0.115. The lowest BCUT2D eigenvalue weighted by Gasteiger charge is -2.46. The number of anilines is 7. The summed E-state index contributed by atoms with van der Waals surface area (Å²) in [4.78, 5) is 23.0. The summed E-state index contributed by atoms with van der Waals surface area (Å²) >= 11 is 0. The van der Waals surface area contributed by atoms with Gasteiger partial charge in [0.05, 0.1) is 11.2 Å². The van der Waals surface area contributed by atoms with Gasteiger partial charge in [-0.3, -0.25) is 15.0 Å². The molecule has 2 fully saturated rings. The van der Waals surface area contributed by atoms with Gasteiger partial charge in [-0.25, -0.2) is 0 Å². The van der Waals surface area contributed by atoms with Gasteiger partial charge in [0.1, 0.15) is 18.1 Å². The molecule has 1 aliphatic heterocycles. The number of hydrogen-bond acceptors (Lipinski definition) is 12. The van der Waals surface area contributed by atoms with Crippen LogP contribution in [-0.2, 0) is 30.2 Å². The van der Waals surface area contributed by atoms with Crippen molar-refractivity contribution in [3.8, 4) is 78.3 Å². The maximum absolute atomic E-state index is 11.5. The van der Waals surface area contributed by atoms with Crippen molar-refractivity contribution in [3.63, 3.8) is 0 Å². The third kappa shape index (κ3) is 22.6. The zero-order valence-electron chi connectivity index (χ0n) is 88.1. The fourth-order valence-electron chi connectivity index (χ4n) is 25.5. The molecule has 12 atom stereocenters. The number of carbonyl (C=O) groups excluding carboxylic acids is 2. The van der Waals surface area contributed by atoms with Crippen LogP contribution < -0.4 is 38.2 Å². The molecule has 13 aliphatic carbocycles. The van der Waals surface area contributed by atoms with Crippen LogP contribution in [0.1, 0.15) is 302 Å². The van der Waals surface area contributed by atoms with E-state index in [9.17, 15) is 19.8 Å². The summed E-state index contributed by atoms with van der Waals surface area (Å²) < 4.78 is 16.9. The van der Waals surface area contributed by atoms with E-state index >= 15 is 0 Å². The van der Waals surface area contributed by atoms with E-state index in [-0.39, 0.29) is 64.3 Å². The second kappa shape index (κ2) is 45.9. The number of allylic oxidation sites excluding steroid dienone is 8. The molecule has 0 spiro atoms. The molecule has 1 saturated carbocycles. The first-order valence-electron chi connectivity index (χ1n) is 53.2. The molecule has 1 saturated heterocycles. The van der Waals surface area contributed by atoms with E-state index in [1.165, 1.54) is 177 Å². The van der Waals surface area contributed by atoms with E-state index in [1.807, 2.05) is 100 Å². The number of phenols is 2. The molecule has 12 aromatic carbocycles. The van der Waals surface area contributed by atoms with E-state index in [0.29, 0.717) is 107 Å². The number of carbonyl (C=O) groups is 2. The highest BCUT2D eigenvalue weighted by molar-refractivity contribution is 6.62. The molecule has 1 heterocycles. The Morgan fingerprint density at radius 2 is 0.682 bits per heavy atom. The van der Waals surface area contributed by atoms with Crippen LogP contribution in [0.25, 0.3) is 66.8 Å². The van der Waals surface area contributed by atoms with Crippen molar-refractivity contribution in [2.45, 2.75) is 276 Å². The van der Waals surface area contributed by atoms with Crippen LogP contribution in [-0.4, -0.2) is 52.8 Å². The van der Waals surface area contributed by atoms with Crippen molar-refractivity contribution in [1.29, 1.82) is 5.41 Å². The number of fused-ring (bicyclic) bond motifs is 4. The van der Waals surface area contributed by atoms with Crippen LogP contribution >= 0.6 is 0 Å². The van der Waals surface area contributed by atoms with E-state index in [0.717, 1.165) is 69.1 Å². The third-order valence-corrected chi connectivity index (χ3v) is 33.8. The van der Waals surface area contributed by atoms with Crippen LogP contribution in [0.3, 0.4) is 0 Å². The van der Waals surface area contributed by atoms with Crippen LogP contribution in [0.2, 0.25) is 0 Å². The van der Waals surface area contributed by atoms with Gasteiger partial charge in [0.2, 0.25) is 11.8 Å². The second-order valence-corrected chi connectivity index (χ2v) is 45.1. The monoisotopic (exact) mass is 1980 g/mol. The average Bonchev–Trinajstić information content (AvgIpc) is 0.886. The maximum Gasteiger partial charge on any atom is 0.494 e. The number of benzene rings is 12. The minimum absolute atomic E-state index is 0. The Morgan fingerprint density at radius 1 is 0.385 bits per heavy atom. The smallest absolute Gasteiger partial charge is 0.494 e. The quantitative estimate of drug-likeness (QED) is 0.00871. The molecular weight excluding hydrogens is 1820 g/mol. The van der Waals surface area contributed by atoms with Crippen molar-refractivity contribution in [1.82, 2.24) is 0 Å². The van der Waals surface area contributed by atoms with Gasteiger partial charge >= 0.3 is 7.12 Å². The van der Waals surface area contributed by atoms with E-state index < -0.39 is 0 Å². The van der Waals surface area contributed by atoms with Crippen LogP contribution in [0.4, 0.5) is 39.8 Å². The van der Waals surface area contributed by atoms with Crippen molar-refractivity contribution < 1.29 is 33.8 Å². The third-order valence-electron chi connectivity index (χ3n) is 33.8. The summed E-state index contributed by atoms with van der Waals surface area (Å²) in [5.74, 6) is 8.86. The molecule has 148 heavy (non-hydrogen) atoms. The van der Waals surface area contributed by atoms with Crippen molar-refractivity contribution in [3.05, 3.63) is 345 Å². The van der Waals surface area contributed by atoms with Gasteiger partial charge < -0.3 is 57.0 Å². The largest absolute Gasteiger partial charge is 0.508 e. The van der Waals surface area contributed by atoms with E-state index in [1.54, 1.807) is 28.8 Å². The highest BCUT2D eigenvalue weighted by Crippen LogP contribution is 2.64. The van der Waals surface area contributed by atoms with Gasteiger partial charge in [0.15, 0.2) is 6.40 Å². The molecule has 8 bridgehead atoms. The van der Waals surface area contributed by atoms with Gasteiger partial charge in [-0.1, -0.05) is 295 Å². The molecular formula is C133H160BN7O7. The number of ether oxygens (including phenoxy) is 1. The van der Waals surface area contributed by atoms with Crippen LogP contribution in [0.5, 0.6) is 11.5 Å². The number of hydrogen-bond donors (Lipinski definition) is 9. The van der Waals surface area contributed by atoms with E-state index in [4.69, 9.17) is 30.9 Å². The van der Waals surface area contributed by atoms with Gasteiger partial charge in [0, 0.05) is 118 Å². The van der Waals surface area contributed by atoms with Crippen molar-refractivity contribution >= 4 is 70.6 Å². The molecule has 12 unspecified atom stereocenters.